The van der Waals surface area contributed by atoms with Gasteiger partial charge >= 0.3 is 0 Å². The molecule has 0 amide bonds. The minimum absolute atomic E-state index is 0.260. The standard InChI is InChI=1S/C15H15BrFNO/c1-2-19-14-8-5-11(9-13(14)16)15(18)10-3-6-12(17)7-4-10/h3-9,15H,2,18H2,1H3. The van der Waals surface area contributed by atoms with E-state index < -0.39 is 0 Å². The molecule has 2 rings (SSSR count). The second-order valence-corrected chi connectivity index (χ2v) is 5.01. The molecule has 0 aromatic heterocycles. The first-order chi connectivity index (χ1) is 9.11. The molecule has 0 saturated heterocycles. The Balaban J connectivity index is 2.26. The fraction of sp³-hybridized carbons (Fsp3) is 0.200. The molecule has 0 bridgehead atoms. The summed E-state index contributed by atoms with van der Waals surface area (Å²) in [5.74, 6) is 0.529. The highest BCUT2D eigenvalue weighted by Gasteiger charge is 2.11. The van der Waals surface area contributed by atoms with Crippen molar-refractivity contribution in [3.8, 4) is 5.75 Å². The Labute approximate surface area is 120 Å². The van der Waals surface area contributed by atoms with Gasteiger partial charge in [0.15, 0.2) is 0 Å². The molecule has 1 atom stereocenters. The highest BCUT2D eigenvalue weighted by molar-refractivity contribution is 9.10. The number of rotatable bonds is 4. The lowest BCUT2D eigenvalue weighted by Crippen LogP contribution is -2.11. The Morgan fingerprint density at radius 2 is 1.79 bits per heavy atom. The molecule has 100 valence electrons. The molecule has 4 heteroatoms. The molecule has 2 aromatic carbocycles. The molecule has 0 fully saturated rings. The average molecular weight is 324 g/mol. The highest BCUT2D eigenvalue weighted by atomic mass is 79.9. The first kappa shape index (κ1) is 14.0. The van der Waals surface area contributed by atoms with Gasteiger partial charge in [-0.05, 0) is 58.2 Å². The molecule has 0 radical (unpaired) electrons. The first-order valence-corrected chi connectivity index (χ1v) is 6.84. The van der Waals surface area contributed by atoms with E-state index >= 15 is 0 Å². The Kier molecular flexibility index (Phi) is 4.56. The van der Waals surface area contributed by atoms with Gasteiger partial charge in [0.05, 0.1) is 17.1 Å². The average Bonchev–Trinajstić information content (AvgIpc) is 2.41. The second kappa shape index (κ2) is 6.17. The number of benzene rings is 2. The van der Waals surface area contributed by atoms with Gasteiger partial charge in [-0.3, -0.25) is 0 Å². The molecule has 2 aromatic rings. The monoisotopic (exact) mass is 323 g/mol. The first-order valence-electron chi connectivity index (χ1n) is 6.05. The van der Waals surface area contributed by atoms with Gasteiger partial charge in [-0.15, -0.1) is 0 Å². The zero-order chi connectivity index (χ0) is 13.8. The van der Waals surface area contributed by atoms with Crippen LogP contribution < -0.4 is 10.5 Å². The predicted molar refractivity (Wildman–Crippen MR) is 77.7 cm³/mol. The zero-order valence-electron chi connectivity index (χ0n) is 10.6. The van der Waals surface area contributed by atoms with Gasteiger partial charge in [-0.2, -0.15) is 0 Å². The summed E-state index contributed by atoms with van der Waals surface area (Å²) < 4.78 is 19.2. The molecular weight excluding hydrogens is 309 g/mol. The van der Waals surface area contributed by atoms with E-state index in [1.54, 1.807) is 12.1 Å². The van der Waals surface area contributed by atoms with E-state index in [0.717, 1.165) is 21.3 Å². The molecule has 19 heavy (non-hydrogen) atoms. The van der Waals surface area contributed by atoms with Crippen LogP contribution in [0.25, 0.3) is 0 Å². The largest absolute Gasteiger partial charge is 0.493 e. The summed E-state index contributed by atoms with van der Waals surface area (Å²) in [5, 5.41) is 0. The molecule has 0 spiro atoms. The third kappa shape index (κ3) is 3.33. The molecular formula is C15H15BrFNO. The normalized spacial score (nSPS) is 12.2. The van der Waals surface area contributed by atoms with Crippen LogP contribution in [-0.2, 0) is 0 Å². The van der Waals surface area contributed by atoms with E-state index in [2.05, 4.69) is 15.9 Å². The fourth-order valence-corrected chi connectivity index (χ4v) is 2.36. The topological polar surface area (TPSA) is 35.2 Å². The van der Waals surface area contributed by atoms with Crippen LogP contribution in [0.2, 0.25) is 0 Å². The van der Waals surface area contributed by atoms with Crippen LogP contribution in [0.4, 0.5) is 4.39 Å². The number of nitrogens with two attached hydrogens (primary N) is 1. The van der Waals surface area contributed by atoms with Crippen molar-refractivity contribution < 1.29 is 9.13 Å². The van der Waals surface area contributed by atoms with Crippen molar-refractivity contribution in [1.82, 2.24) is 0 Å². The van der Waals surface area contributed by atoms with Crippen LogP contribution in [0.5, 0.6) is 5.75 Å². The second-order valence-electron chi connectivity index (χ2n) is 4.15. The van der Waals surface area contributed by atoms with Gasteiger partial charge in [-0.1, -0.05) is 18.2 Å². The van der Waals surface area contributed by atoms with Crippen LogP contribution in [-0.4, -0.2) is 6.61 Å². The summed E-state index contributed by atoms with van der Waals surface area (Å²) in [6, 6.07) is 11.7. The molecule has 2 nitrogen and oxygen atoms in total. The summed E-state index contributed by atoms with van der Waals surface area (Å²) >= 11 is 3.46. The van der Waals surface area contributed by atoms with E-state index in [1.165, 1.54) is 12.1 Å². The molecule has 2 N–H and O–H groups in total. The Bertz CT molecular complexity index is 557. The van der Waals surface area contributed by atoms with E-state index in [1.807, 2.05) is 25.1 Å². The van der Waals surface area contributed by atoms with Gasteiger partial charge in [-0.25, -0.2) is 4.39 Å². The maximum absolute atomic E-state index is 12.9. The Hall–Kier alpha value is -1.39. The molecule has 0 heterocycles. The third-order valence-electron chi connectivity index (χ3n) is 2.84. The van der Waals surface area contributed by atoms with Gasteiger partial charge in [0.2, 0.25) is 0 Å². The minimum Gasteiger partial charge on any atom is -0.493 e. The molecule has 1 unspecified atom stereocenters. The lowest BCUT2D eigenvalue weighted by atomic mass is 9.99. The van der Waals surface area contributed by atoms with Crippen LogP contribution in [0.3, 0.4) is 0 Å². The van der Waals surface area contributed by atoms with Gasteiger partial charge in [0.25, 0.3) is 0 Å². The van der Waals surface area contributed by atoms with Crippen molar-refractivity contribution in [3.05, 3.63) is 63.9 Å². The zero-order valence-corrected chi connectivity index (χ0v) is 12.2. The maximum atomic E-state index is 12.9. The summed E-state index contributed by atoms with van der Waals surface area (Å²) in [4.78, 5) is 0. The summed E-state index contributed by atoms with van der Waals surface area (Å²) in [6.07, 6.45) is 0. The molecule has 0 saturated carbocycles. The van der Waals surface area contributed by atoms with E-state index in [-0.39, 0.29) is 11.9 Å². The Morgan fingerprint density at radius 3 is 2.37 bits per heavy atom. The quantitative estimate of drug-likeness (QED) is 0.921. The van der Waals surface area contributed by atoms with Crippen LogP contribution in [0.15, 0.2) is 46.9 Å². The number of halogens is 2. The lowest BCUT2D eigenvalue weighted by molar-refractivity contribution is 0.338. The van der Waals surface area contributed by atoms with Crippen molar-refractivity contribution in [2.45, 2.75) is 13.0 Å². The smallest absolute Gasteiger partial charge is 0.133 e. The molecule has 0 aliphatic heterocycles. The number of ether oxygens (including phenoxy) is 1. The molecule has 0 aliphatic rings. The third-order valence-corrected chi connectivity index (χ3v) is 3.46. The van der Waals surface area contributed by atoms with Gasteiger partial charge < -0.3 is 10.5 Å². The van der Waals surface area contributed by atoms with Crippen molar-refractivity contribution >= 4 is 15.9 Å². The number of hydrogen-bond donors (Lipinski definition) is 1. The summed E-state index contributed by atoms with van der Waals surface area (Å²) in [7, 11) is 0. The minimum atomic E-state index is -0.285. The fourth-order valence-electron chi connectivity index (χ4n) is 1.85. The number of hydrogen-bond acceptors (Lipinski definition) is 2. The Morgan fingerprint density at radius 1 is 1.16 bits per heavy atom. The van der Waals surface area contributed by atoms with E-state index in [9.17, 15) is 4.39 Å². The van der Waals surface area contributed by atoms with Crippen LogP contribution in [0.1, 0.15) is 24.1 Å². The van der Waals surface area contributed by atoms with Crippen molar-refractivity contribution in [1.29, 1.82) is 0 Å². The summed E-state index contributed by atoms with van der Waals surface area (Å²) in [6.45, 7) is 2.55. The lowest BCUT2D eigenvalue weighted by Gasteiger charge is -2.14. The van der Waals surface area contributed by atoms with E-state index in [0.29, 0.717) is 6.61 Å². The van der Waals surface area contributed by atoms with Crippen LogP contribution in [0, 0.1) is 5.82 Å². The van der Waals surface area contributed by atoms with Gasteiger partial charge in [0, 0.05) is 0 Å². The highest BCUT2D eigenvalue weighted by Crippen LogP contribution is 2.29. The van der Waals surface area contributed by atoms with Gasteiger partial charge in [0.1, 0.15) is 11.6 Å². The van der Waals surface area contributed by atoms with Crippen molar-refractivity contribution in [2.75, 3.05) is 6.61 Å². The SMILES string of the molecule is CCOc1ccc(C(N)c2ccc(F)cc2)cc1Br. The molecule has 0 aliphatic carbocycles. The van der Waals surface area contributed by atoms with Crippen molar-refractivity contribution in [2.24, 2.45) is 5.73 Å². The van der Waals surface area contributed by atoms with E-state index in [4.69, 9.17) is 10.5 Å². The van der Waals surface area contributed by atoms with Crippen LogP contribution >= 0.6 is 15.9 Å². The van der Waals surface area contributed by atoms with Crippen molar-refractivity contribution in [3.63, 3.8) is 0 Å². The predicted octanol–water partition coefficient (Wildman–Crippen LogP) is 4.04. The maximum Gasteiger partial charge on any atom is 0.133 e. The summed E-state index contributed by atoms with van der Waals surface area (Å²) in [5.41, 5.74) is 7.99.